The van der Waals surface area contributed by atoms with Gasteiger partial charge < -0.3 is 13.7 Å². The van der Waals surface area contributed by atoms with Crippen molar-refractivity contribution >= 4 is 67.0 Å². The molecule has 0 aliphatic carbocycles. The molecule has 7 heteroatoms. The third-order valence-corrected chi connectivity index (χ3v) is 8.38. The number of aromatic nitrogens is 2. The monoisotopic (exact) mass is 587 g/mol. The van der Waals surface area contributed by atoms with E-state index in [-0.39, 0.29) is 0 Å². The summed E-state index contributed by atoms with van der Waals surface area (Å²) in [5, 5.41) is 0. The number of para-hydroxylation sites is 4. The fourth-order valence-corrected chi connectivity index (χ4v) is 6.59. The molecule has 0 bridgehead atoms. The Kier molecular flexibility index (Phi) is 5.15. The van der Waals surface area contributed by atoms with Gasteiger partial charge in [0.15, 0.2) is 11.2 Å². The smallest absolute Gasteiger partial charge is 0.227 e. The van der Waals surface area contributed by atoms with Gasteiger partial charge in [-0.2, -0.15) is 0 Å². The zero-order valence-corrected chi connectivity index (χ0v) is 22.7. The summed E-state index contributed by atoms with van der Waals surface area (Å²) in [5.41, 5.74) is 8.44. The van der Waals surface area contributed by atoms with Gasteiger partial charge in [-0.05, 0) is 84.9 Å². The highest BCUT2D eigenvalue weighted by molar-refractivity contribution is 9.10. The van der Waals surface area contributed by atoms with E-state index in [0.29, 0.717) is 11.8 Å². The highest BCUT2D eigenvalue weighted by Crippen LogP contribution is 2.53. The Hall–Kier alpha value is -4.33. The van der Waals surface area contributed by atoms with Gasteiger partial charge in [-0.25, -0.2) is 9.97 Å². The largest absolute Gasteiger partial charge is 0.436 e. The molecule has 186 valence electrons. The van der Waals surface area contributed by atoms with Crippen molar-refractivity contribution in [2.75, 3.05) is 4.90 Å². The van der Waals surface area contributed by atoms with Crippen LogP contribution in [0.5, 0.6) is 0 Å². The summed E-state index contributed by atoms with van der Waals surface area (Å²) >= 11 is 5.40. The molecule has 2 aromatic heterocycles. The highest BCUT2D eigenvalue weighted by atomic mass is 79.9. The second kappa shape index (κ2) is 8.86. The molecule has 5 aromatic carbocycles. The van der Waals surface area contributed by atoms with E-state index in [1.165, 1.54) is 0 Å². The number of oxazole rings is 2. The molecule has 0 saturated heterocycles. The fourth-order valence-electron chi connectivity index (χ4n) is 4.94. The molecular weight excluding hydrogens is 570 g/mol. The van der Waals surface area contributed by atoms with Gasteiger partial charge in [-0.15, -0.1) is 0 Å². The molecule has 0 spiro atoms. The Labute approximate surface area is 236 Å². The SMILES string of the molecule is Brc1ccc2c(c1)Sc1cc(-c3nc4ccccc4o3)ccc1N2c1ccc(-c2nc3ccccc3o2)cc1. The van der Waals surface area contributed by atoms with Crippen LogP contribution in [0.3, 0.4) is 0 Å². The van der Waals surface area contributed by atoms with E-state index in [1.807, 2.05) is 48.5 Å². The molecule has 7 aromatic rings. The first-order valence-electron chi connectivity index (χ1n) is 12.4. The number of fused-ring (bicyclic) bond motifs is 4. The molecule has 1 aliphatic rings. The predicted molar refractivity (Wildman–Crippen MR) is 159 cm³/mol. The zero-order valence-electron chi connectivity index (χ0n) is 20.3. The van der Waals surface area contributed by atoms with Crippen LogP contribution in [-0.2, 0) is 0 Å². The van der Waals surface area contributed by atoms with Crippen molar-refractivity contribution in [1.29, 1.82) is 0 Å². The maximum absolute atomic E-state index is 6.07. The first-order chi connectivity index (χ1) is 19.2. The van der Waals surface area contributed by atoms with Crippen LogP contribution in [0.15, 0.2) is 132 Å². The van der Waals surface area contributed by atoms with E-state index in [0.717, 1.165) is 64.7 Å². The van der Waals surface area contributed by atoms with Gasteiger partial charge in [-0.1, -0.05) is 52.0 Å². The normalized spacial score (nSPS) is 12.6. The lowest BCUT2D eigenvalue weighted by Crippen LogP contribution is -2.14. The van der Waals surface area contributed by atoms with Crippen molar-refractivity contribution in [1.82, 2.24) is 9.97 Å². The van der Waals surface area contributed by atoms with Crippen molar-refractivity contribution < 1.29 is 8.83 Å². The minimum atomic E-state index is 0.615. The molecule has 8 rings (SSSR count). The van der Waals surface area contributed by atoms with Crippen molar-refractivity contribution in [2.45, 2.75) is 9.79 Å². The van der Waals surface area contributed by atoms with Crippen LogP contribution in [0.4, 0.5) is 17.1 Å². The van der Waals surface area contributed by atoms with Gasteiger partial charge in [0, 0.05) is 31.1 Å². The third-order valence-electron chi connectivity index (χ3n) is 6.79. The molecule has 0 fully saturated rings. The molecule has 0 N–H and O–H groups in total. The summed E-state index contributed by atoms with van der Waals surface area (Å²) in [6, 6.07) is 36.8. The number of rotatable bonds is 3. The maximum atomic E-state index is 6.07. The fraction of sp³-hybridized carbons (Fsp3) is 0. The van der Waals surface area contributed by atoms with Crippen molar-refractivity contribution in [3.05, 3.63) is 114 Å². The zero-order chi connectivity index (χ0) is 25.9. The molecule has 1 aliphatic heterocycles. The van der Waals surface area contributed by atoms with Crippen LogP contribution in [0.1, 0.15) is 0 Å². The first-order valence-corrected chi connectivity index (χ1v) is 14.0. The van der Waals surface area contributed by atoms with Gasteiger partial charge >= 0.3 is 0 Å². The molecule has 39 heavy (non-hydrogen) atoms. The van der Waals surface area contributed by atoms with Crippen molar-refractivity contribution in [2.24, 2.45) is 0 Å². The number of hydrogen-bond donors (Lipinski definition) is 0. The number of nitrogens with zero attached hydrogens (tertiary/aromatic N) is 3. The molecule has 3 heterocycles. The second-order valence-corrected chi connectivity index (χ2v) is 11.3. The predicted octanol–water partition coefficient (Wildman–Crippen LogP) is 10.00. The first kappa shape index (κ1) is 22.6. The molecule has 5 nitrogen and oxygen atoms in total. The van der Waals surface area contributed by atoms with Crippen LogP contribution in [0.25, 0.3) is 45.1 Å². The van der Waals surface area contributed by atoms with Crippen LogP contribution < -0.4 is 4.90 Å². The summed E-state index contributed by atoms with van der Waals surface area (Å²) < 4.78 is 13.1. The van der Waals surface area contributed by atoms with Crippen LogP contribution in [0, 0.1) is 0 Å². The van der Waals surface area contributed by atoms with E-state index in [9.17, 15) is 0 Å². The summed E-state index contributed by atoms with van der Waals surface area (Å²) in [7, 11) is 0. The van der Waals surface area contributed by atoms with Crippen molar-refractivity contribution in [3.8, 4) is 22.9 Å². The summed E-state index contributed by atoms with van der Waals surface area (Å²) in [6.45, 7) is 0. The Morgan fingerprint density at radius 2 is 1.15 bits per heavy atom. The number of halogens is 1. The summed E-state index contributed by atoms with van der Waals surface area (Å²) in [6.07, 6.45) is 0. The van der Waals surface area contributed by atoms with E-state index >= 15 is 0 Å². The standard InChI is InChI=1S/C32H18BrN3O2S/c33-21-12-16-26-30(18-21)39-29-17-20(32-35-24-6-2-4-8-28(24)38-32)11-15-25(29)36(26)22-13-9-19(10-14-22)31-34-23-5-1-3-7-27(23)37-31/h1-18H. The van der Waals surface area contributed by atoms with E-state index in [2.05, 4.69) is 86.5 Å². The van der Waals surface area contributed by atoms with E-state index in [1.54, 1.807) is 11.8 Å². The lowest BCUT2D eigenvalue weighted by molar-refractivity contribution is 0.619. The van der Waals surface area contributed by atoms with Gasteiger partial charge in [0.2, 0.25) is 11.8 Å². The number of anilines is 3. The van der Waals surface area contributed by atoms with Crippen LogP contribution in [-0.4, -0.2) is 9.97 Å². The average Bonchev–Trinajstić information content (AvgIpc) is 3.60. The number of hydrogen-bond acceptors (Lipinski definition) is 6. The third kappa shape index (κ3) is 3.85. The quantitative estimate of drug-likeness (QED) is 0.205. The minimum absolute atomic E-state index is 0.615. The van der Waals surface area contributed by atoms with Crippen LogP contribution in [0.2, 0.25) is 0 Å². The Bertz CT molecular complexity index is 1960. The molecule has 0 saturated carbocycles. The number of benzene rings is 5. The summed E-state index contributed by atoms with van der Waals surface area (Å²) in [5.74, 6) is 1.23. The van der Waals surface area contributed by atoms with Gasteiger partial charge in [0.05, 0.1) is 11.4 Å². The summed E-state index contributed by atoms with van der Waals surface area (Å²) in [4.78, 5) is 13.9. The molecular formula is C32H18BrN3O2S. The average molecular weight is 588 g/mol. The van der Waals surface area contributed by atoms with Crippen LogP contribution >= 0.6 is 27.7 Å². The Morgan fingerprint density at radius 3 is 1.82 bits per heavy atom. The Balaban J connectivity index is 1.22. The van der Waals surface area contributed by atoms with Gasteiger partial charge in [0.1, 0.15) is 11.0 Å². The molecule has 0 unspecified atom stereocenters. The second-order valence-electron chi connectivity index (χ2n) is 9.25. The van der Waals surface area contributed by atoms with E-state index in [4.69, 9.17) is 13.8 Å². The Morgan fingerprint density at radius 1 is 0.590 bits per heavy atom. The molecule has 0 amide bonds. The maximum Gasteiger partial charge on any atom is 0.227 e. The molecule has 0 atom stereocenters. The van der Waals surface area contributed by atoms with Gasteiger partial charge in [0.25, 0.3) is 0 Å². The highest BCUT2D eigenvalue weighted by Gasteiger charge is 2.26. The minimum Gasteiger partial charge on any atom is -0.436 e. The van der Waals surface area contributed by atoms with Crippen molar-refractivity contribution in [3.63, 3.8) is 0 Å². The van der Waals surface area contributed by atoms with E-state index < -0.39 is 0 Å². The lowest BCUT2D eigenvalue weighted by Gasteiger charge is -2.33. The molecule has 0 radical (unpaired) electrons. The topological polar surface area (TPSA) is 55.3 Å². The van der Waals surface area contributed by atoms with Gasteiger partial charge in [-0.3, -0.25) is 0 Å². The lowest BCUT2D eigenvalue weighted by atomic mass is 10.1.